The van der Waals surface area contributed by atoms with E-state index >= 15 is 0 Å². The quantitative estimate of drug-likeness (QED) is 0.629. The Morgan fingerprint density at radius 2 is 2.04 bits per heavy atom. The van der Waals surface area contributed by atoms with E-state index in [2.05, 4.69) is 0 Å². The maximum atomic E-state index is 13.3. The fourth-order valence-electron chi connectivity index (χ4n) is 2.52. The van der Waals surface area contributed by atoms with Crippen LogP contribution in [0.2, 0.25) is 0 Å². The number of carbonyl (C=O) groups is 1. The molecule has 1 aliphatic heterocycles. The third kappa shape index (κ3) is 4.10. The second-order valence-electron chi connectivity index (χ2n) is 5.48. The Kier molecular flexibility index (Phi) is 4.90. The predicted molar refractivity (Wildman–Crippen MR) is 85.8 cm³/mol. The number of halogens is 1. The molecule has 8 heteroatoms. The fourth-order valence-corrected chi connectivity index (χ4v) is 2.52. The average Bonchev–Trinajstić information content (AvgIpc) is 2.62. The minimum atomic E-state index is -0.585. The molecule has 0 aromatic heterocycles. The number of benzene rings is 2. The number of nitro groups is 1. The standard InChI is InChI=1S/C17H15FN2O5/c18-13-3-1-2-12(10-13)16-11-19(8-9-24-16)17(21)25-15-6-4-14(5-7-15)20(22)23/h1-7,10,16H,8-9,11H2/t16-/m0/s1. The smallest absolute Gasteiger partial charge is 0.410 e. The van der Waals surface area contributed by atoms with Crippen LogP contribution in [0.5, 0.6) is 5.75 Å². The largest absolute Gasteiger partial charge is 0.415 e. The Morgan fingerprint density at radius 3 is 2.72 bits per heavy atom. The van der Waals surface area contributed by atoms with Crippen molar-refractivity contribution in [3.8, 4) is 5.75 Å². The molecular weight excluding hydrogens is 331 g/mol. The summed E-state index contributed by atoms with van der Waals surface area (Å²) in [6, 6.07) is 11.3. The monoisotopic (exact) mass is 346 g/mol. The van der Waals surface area contributed by atoms with Crippen LogP contribution in [0.25, 0.3) is 0 Å². The summed E-state index contributed by atoms with van der Waals surface area (Å²) in [5.41, 5.74) is 0.560. The van der Waals surface area contributed by atoms with Crippen LogP contribution in [0.1, 0.15) is 11.7 Å². The van der Waals surface area contributed by atoms with E-state index < -0.39 is 17.1 Å². The summed E-state index contributed by atoms with van der Waals surface area (Å²) in [6.45, 7) is 0.878. The number of morpholine rings is 1. The first-order chi connectivity index (χ1) is 12.0. The molecule has 130 valence electrons. The summed E-state index contributed by atoms with van der Waals surface area (Å²) in [6.07, 6.45) is -1.02. The van der Waals surface area contributed by atoms with E-state index in [0.717, 1.165) is 0 Å². The van der Waals surface area contributed by atoms with Crippen molar-refractivity contribution in [3.63, 3.8) is 0 Å². The zero-order valence-corrected chi connectivity index (χ0v) is 13.1. The Labute approximate surface area is 142 Å². The number of hydrogen-bond donors (Lipinski definition) is 0. The van der Waals surface area contributed by atoms with Gasteiger partial charge in [-0.1, -0.05) is 12.1 Å². The molecule has 1 atom stereocenters. The van der Waals surface area contributed by atoms with Gasteiger partial charge in [0.25, 0.3) is 5.69 Å². The van der Waals surface area contributed by atoms with Crippen LogP contribution in [0.4, 0.5) is 14.9 Å². The molecule has 7 nitrogen and oxygen atoms in total. The zero-order valence-electron chi connectivity index (χ0n) is 13.1. The van der Waals surface area contributed by atoms with Gasteiger partial charge >= 0.3 is 6.09 Å². The van der Waals surface area contributed by atoms with Gasteiger partial charge in [0.2, 0.25) is 0 Å². The van der Waals surface area contributed by atoms with Gasteiger partial charge in [-0.05, 0) is 29.8 Å². The molecule has 3 rings (SSSR count). The Morgan fingerprint density at radius 1 is 1.28 bits per heavy atom. The average molecular weight is 346 g/mol. The highest BCUT2D eigenvalue weighted by Gasteiger charge is 2.27. The van der Waals surface area contributed by atoms with Crippen molar-refractivity contribution in [2.75, 3.05) is 19.7 Å². The van der Waals surface area contributed by atoms with Crippen LogP contribution < -0.4 is 4.74 Å². The van der Waals surface area contributed by atoms with Gasteiger partial charge < -0.3 is 14.4 Å². The van der Waals surface area contributed by atoms with Crippen LogP contribution in [0.15, 0.2) is 48.5 Å². The van der Waals surface area contributed by atoms with Gasteiger partial charge in [0, 0.05) is 18.7 Å². The van der Waals surface area contributed by atoms with Crippen LogP contribution in [0.3, 0.4) is 0 Å². The van der Waals surface area contributed by atoms with E-state index in [4.69, 9.17) is 9.47 Å². The summed E-state index contributed by atoms with van der Waals surface area (Å²) in [4.78, 5) is 23.8. The SMILES string of the molecule is O=C(Oc1ccc([N+](=O)[O-])cc1)N1CCO[C@H](c2cccc(F)c2)C1. The van der Waals surface area contributed by atoms with Crippen molar-refractivity contribution in [2.24, 2.45) is 0 Å². The molecule has 0 unspecified atom stereocenters. The summed E-state index contributed by atoms with van der Waals surface area (Å²) >= 11 is 0. The maximum Gasteiger partial charge on any atom is 0.415 e. The fraction of sp³-hybridized carbons (Fsp3) is 0.235. The van der Waals surface area contributed by atoms with Gasteiger partial charge in [0.1, 0.15) is 17.7 Å². The molecule has 0 radical (unpaired) electrons. The lowest BCUT2D eigenvalue weighted by molar-refractivity contribution is -0.384. The van der Waals surface area contributed by atoms with E-state index in [1.54, 1.807) is 12.1 Å². The highest BCUT2D eigenvalue weighted by atomic mass is 19.1. The number of amides is 1. The number of nitrogens with zero attached hydrogens (tertiary/aromatic N) is 2. The summed E-state index contributed by atoms with van der Waals surface area (Å²) in [5.74, 6) is -0.156. The number of hydrogen-bond acceptors (Lipinski definition) is 5. The molecule has 25 heavy (non-hydrogen) atoms. The molecule has 1 amide bonds. The molecule has 1 saturated heterocycles. The molecule has 0 aliphatic carbocycles. The lowest BCUT2D eigenvalue weighted by Crippen LogP contribution is -2.43. The molecule has 1 aliphatic rings. The van der Waals surface area contributed by atoms with Gasteiger partial charge in [-0.15, -0.1) is 0 Å². The summed E-state index contributed by atoms with van der Waals surface area (Å²) in [7, 11) is 0. The lowest BCUT2D eigenvalue weighted by atomic mass is 10.1. The molecule has 0 saturated carbocycles. The highest BCUT2D eigenvalue weighted by molar-refractivity contribution is 5.71. The molecule has 1 fully saturated rings. The second-order valence-corrected chi connectivity index (χ2v) is 5.48. The first-order valence-electron chi connectivity index (χ1n) is 7.61. The van der Waals surface area contributed by atoms with Crippen molar-refractivity contribution in [1.29, 1.82) is 0 Å². The number of carbonyl (C=O) groups excluding carboxylic acids is 1. The van der Waals surface area contributed by atoms with E-state index in [-0.39, 0.29) is 23.8 Å². The van der Waals surface area contributed by atoms with E-state index in [1.165, 1.54) is 41.3 Å². The van der Waals surface area contributed by atoms with Crippen LogP contribution in [0, 0.1) is 15.9 Å². The molecule has 2 aromatic rings. The van der Waals surface area contributed by atoms with Gasteiger partial charge in [-0.2, -0.15) is 0 Å². The highest BCUT2D eigenvalue weighted by Crippen LogP contribution is 2.24. The minimum absolute atomic E-state index is 0.0858. The van der Waals surface area contributed by atoms with Gasteiger partial charge in [-0.25, -0.2) is 9.18 Å². The summed E-state index contributed by atoms with van der Waals surface area (Å²) in [5, 5.41) is 10.6. The van der Waals surface area contributed by atoms with Gasteiger partial charge in [-0.3, -0.25) is 10.1 Å². The number of rotatable bonds is 3. The minimum Gasteiger partial charge on any atom is -0.410 e. The second kappa shape index (κ2) is 7.27. The number of nitro benzene ring substituents is 1. The van der Waals surface area contributed by atoms with Crippen molar-refractivity contribution >= 4 is 11.8 Å². The molecule has 0 bridgehead atoms. The van der Waals surface area contributed by atoms with Crippen molar-refractivity contribution < 1.29 is 23.6 Å². The molecule has 0 N–H and O–H groups in total. The van der Waals surface area contributed by atoms with E-state index in [0.29, 0.717) is 18.7 Å². The van der Waals surface area contributed by atoms with Gasteiger partial charge in [0.05, 0.1) is 18.1 Å². The van der Waals surface area contributed by atoms with Gasteiger partial charge in [0.15, 0.2) is 0 Å². The number of non-ortho nitro benzene ring substituents is 1. The molecule has 0 spiro atoms. The first kappa shape index (κ1) is 16.8. The third-order valence-corrected chi connectivity index (χ3v) is 3.80. The summed E-state index contributed by atoms with van der Waals surface area (Å²) < 4.78 is 24.2. The lowest BCUT2D eigenvalue weighted by Gasteiger charge is -2.32. The van der Waals surface area contributed by atoms with E-state index in [9.17, 15) is 19.3 Å². The topological polar surface area (TPSA) is 81.9 Å². The number of ether oxygens (including phenoxy) is 2. The maximum absolute atomic E-state index is 13.3. The van der Waals surface area contributed by atoms with Crippen molar-refractivity contribution in [2.45, 2.75) is 6.10 Å². The van der Waals surface area contributed by atoms with E-state index in [1.807, 2.05) is 0 Å². The van der Waals surface area contributed by atoms with Crippen molar-refractivity contribution in [1.82, 2.24) is 4.90 Å². The Hall–Kier alpha value is -3.00. The normalized spacial score (nSPS) is 17.2. The predicted octanol–water partition coefficient (Wildman–Crippen LogP) is 3.31. The zero-order chi connectivity index (χ0) is 17.8. The first-order valence-corrected chi connectivity index (χ1v) is 7.61. The van der Waals surface area contributed by atoms with Crippen LogP contribution in [-0.2, 0) is 4.74 Å². The Bertz CT molecular complexity index is 781. The van der Waals surface area contributed by atoms with Crippen LogP contribution >= 0.6 is 0 Å². The third-order valence-electron chi connectivity index (χ3n) is 3.80. The molecular formula is C17H15FN2O5. The van der Waals surface area contributed by atoms with Crippen LogP contribution in [-0.4, -0.2) is 35.6 Å². The molecule has 1 heterocycles. The molecule has 2 aromatic carbocycles. The Balaban J connectivity index is 1.64. The van der Waals surface area contributed by atoms with Crippen molar-refractivity contribution in [3.05, 3.63) is 70.0 Å².